The van der Waals surface area contributed by atoms with E-state index >= 15 is 4.39 Å². The van der Waals surface area contributed by atoms with E-state index in [0.717, 1.165) is 10.4 Å². The van der Waals surface area contributed by atoms with Crippen molar-refractivity contribution in [3.63, 3.8) is 0 Å². The first kappa shape index (κ1) is 23.3. The maximum absolute atomic E-state index is 15.0. The maximum Gasteiger partial charge on any atom is 0.330 e. The molecule has 8 heteroatoms. The number of halogens is 1. The van der Waals surface area contributed by atoms with Gasteiger partial charge < -0.3 is 9.16 Å². The fraction of sp³-hybridized carbons (Fsp3) is 0.360. The van der Waals surface area contributed by atoms with Crippen molar-refractivity contribution in [1.82, 2.24) is 9.55 Å². The molecule has 1 aromatic heterocycles. The Bertz CT molecular complexity index is 1150. The fourth-order valence-electron chi connectivity index (χ4n) is 4.63. The zero-order chi connectivity index (χ0) is 23.6. The third kappa shape index (κ3) is 4.51. The van der Waals surface area contributed by atoms with E-state index in [0.29, 0.717) is 0 Å². The first-order valence-electron chi connectivity index (χ1n) is 11.1. The highest BCUT2D eigenvalue weighted by atomic mass is 28.4. The molecule has 0 aliphatic carbocycles. The van der Waals surface area contributed by atoms with Gasteiger partial charge in [0.2, 0.25) is 0 Å². The summed E-state index contributed by atoms with van der Waals surface area (Å²) in [7, 11) is -2.83. The van der Waals surface area contributed by atoms with Gasteiger partial charge in [0.15, 0.2) is 0 Å². The summed E-state index contributed by atoms with van der Waals surface area (Å²) in [5, 5.41) is 1.96. The lowest BCUT2D eigenvalue weighted by Crippen LogP contribution is -2.67. The number of nitrogens with zero attached hydrogens (tertiary/aromatic N) is 1. The molecular formula is C25H29FN2O4Si. The summed E-state index contributed by atoms with van der Waals surface area (Å²) >= 11 is 0. The van der Waals surface area contributed by atoms with E-state index in [2.05, 4.69) is 50.0 Å². The van der Waals surface area contributed by atoms with Gasteiger partial charge in [-0.1, -0.05) is 81.4 Å². The number of ether oxygens (including phenoxy) is 1. The van der Waals surface area contributed by atoms with Crippen LogP contribution in [0.25, 0.3) is 0 Å². The van der Waals surface area contributed by atoms with Crippen molar-refractivity contribution < 1.29 is 13.6 Å². The second-order valence-electron chi connectivity index (χ2n) is 9.37. The standard InChI is InChI=1S/C25H29FN2O4Si/c1-25(2,3)33(18-10-6-4-7-11-18,19-12-8-5-9-13-19)31-17-21-20(26)16-23(32-21)28-15-14-22(29)27-24(28)30/h4-15,20-21,23H,16-17H2,1-3H3,(H,27,29,30)/t20-,21-,23-/m1/s1. The lowest BCUT2D eigenvalue weighted by Gasteiger charge is -2.43. The molecule has 1 aliphatic heterocycles. The van der Waals surface area contributed by atoms with Crippen molar-refractivity contribution in [1.29, 1.82) is 0 Å². The molecule has 1 N–H and O–H groups in total. The van der Waals surface area contributed by atoms with Crippen LogP contribution in [0.1, 0.15) is 33.4 Å². The van der Waals surface area contributed by atoms with E-state index < -0.39 is 38.1 Å². The van der Waals surface area contributed by atoms with E-state index in [1.807, 2.05) is 36.4 Å². The fourth-order valence-corrected chi connectivity index (χ4v) is 9.20. The summed E-state index contributed by atoms with van der Waals surface area (Å²) in [6.07, 6.45) is -1.57. The number of hydrogen-bond acceptors (Lipinski definition) is 4. The monoisotopic (exact) mass is 468 g/mol. The smallest absolute Gasteiger partial charge is 0.330 e. The minimum Gasteiger partial charge on any atom is -0.405 e. The Hall–Kier alpha value is -2.81. The van der Waals surface area contributed by atoms with Crippen LogP contribution in [-0.4, -0.2) is 36.8 Å². The van der Waals surface area contributed by atoms with Gasteiger partial charge >= 0.3 is 5.69 Å². The molecule has 0 unspecified atom stereocenters. The number of hydrogen-bond donors (Lipinski definition) is 1. The highest BCUT2D eigenvalue weighted by Crippen LogP contribution is 2.38. The average Bonchev–Trinajstić information content (AvgIpc) is 3.15. The maximum atomic E-state index is 15.0. The lowest BCUT2D eigenvalue weighted by atomic mass is 10.2. The van der Waals surface area contributed by atoms with Crippen LogP contribution in [0.3, 0.4) is 0 Å². The third-order valence-corrected chi connectivity index (χ3v) is 11.2. The molecule has 1 aliphatic rings. The number of aromatic nitrogens is 2. The summed E-state index contributed by atoms with van der Waals surface area (Å²) < 4.78 is 29.0. The SMILES string of the molecule is CC(C)(C)[Si](OC[C@H]1O[C@@H](n2ccc(=O)[nH]c2=O)C[C@H]1F)(c1ccccc1)c1ccccc1. The molecule has 0 bridgehead atoms. The van der Waals surface area contributed by atoms with Gasteiger partial charge in [-0.05, 0) is 15.4 Å². The quantitative estimate of drug-likeness (QED) is 0.565. The number of H-pyrrole nitrogens is 1. The van der Waals surface area contributed by atoms with Crippen molar-refractivity contribution in [2.45, 2.75) is 50.7 Å². The number of aromatic amines is 1. The minimum atomic E-state index is -2.83. The van der Waals surface area contributed by atoms with Crippen LogP contribution in [-0.2, 0) is 9.16 Å². The molecule has 0 radical (unpaired) electrons. The Kier molecular flexibility index (Phi) is 6.51. The summed E-state index contributed by atoms with van der Waals surface area (Å²) in [4.78, 5) is 25.7. The van der Waals surface area contributed by atoms with Crippen LogP contribution >= 0.6 is 0 Å². The van der Waals surface area contributed by atoms with Crippen LogP contribution in [0.5, 0.6) is 0 Å². The predicted molar refractivity (Wildman–Crippen MR) is 128 cm³/mol. The summed E-state index contributed by atoms with van der Waals surface area (Å²) in [5.41, 5.74) is -1.12. The Morgan fingerprint density at radius 1 is 1.03 bits per heavy atom. The second-order valence-corrected chi connectivity index (χ2v) is 13.7. The van der Waals surface area contributed by atoms with Crippen molar-refractivity contribution in [2.24, 2.45) is 0 Å². The molecule has 1 fully saturated rings. The zero-order valence-electron chi connectivity index (χ0n) is 19.0. The summed E-state index contributed by atoms with van der Waals surface area (Å²) in [6.45, 7) is 6.53. The molecule has 0 saturated carbocycles. The largest absolute Gasteiger partial charge is 0.405 e. The van der Waals surface area contributed by atoms with Crippen LogP contribution in [0.4, 0.5) is 4.39 Å². The van der Waals surface area contributed by atoms with Crippen LogP contribution in [0, 0.1) is 0 Å². The van der Waals surface area contributed by atoms with Gasteiger partial charge in [0.25, 0.3) is 13.9 Å². The van der Waals surface area contributed by atoms with Crippen molar-refractivity contribution in [2.75, 3.05) is 6.61 Å². The molecule has 3 aromatic rings. The molecule has 6 nitrogen and oxygen atoms in total. The first-order valence-corrected chi connectivity index (χ1v) is 13.0. The molecule has 33 heavy (non-hydrogen) atoms. The van der Waals surface area contributed by atoms with E-state index in [4.69, 9.17) is 9.16 Å². The zero-order valence-corrected chi connectivity index (χ0v) is 20.0. The average molecular weight is 469 g/mol. The lowest BCUT2D eigenvalue weighted by molar-refractivity contribution is -0.0323. The van der Waals surface area contributed by atoms with Gasteiger partial charge in [0, 0.05) is 18.7 Å². The summed E-state index contributed by atoms with van der Waals surface area (Å²) in [6, 6.07) is 21.5. The highest BCUT2D eigenvalue weighted by Gasteiger charge is 2.51. The highest BCUT2D eigenvalue weighted by molar-refractivity contribution is 6.99. The third-order valence-electron chi connectivity index (χ3n) is 6.20. The molecule has 1 saturated heterocycles. The van der Waals surface area contributed by atoms with Gasteiger partial charge in [-0.25, -0.2) is 9.18 Å². The van der Waals surface area contributed by atoms with E-state index in [1.165, 1.54) is 16.8 Å². The minimum absolute atomic E-state index is 0.0146. The molecule has 2 heterocycles. The number of rotatable bonds is 6. The molecular weight excluding hydrogens is 439 g/mol. The van der Waals surface area contributed by atoms with Gasteiger partial charge in [-0.15, -0.1) is 0 Å². The number of nitrogens with one attached hydrogen (secondary N) is 1. The molecule has 174 valence electrons. The second kappa shape index (κ2) is 9.21. The molecule has 0 spiro atoms. The van der Waals surface area contributed by atoms with Crippen LogP contribution < -0.4 is 21.6 Å². The van der Waals surface area contributed by atoms with Gasteiger partial charge in [0.1, 0.15) is 18.5 Å². The number of alkyl halides is 1. The van der Waals surface area contributed by atoms with Crippen molar-refractivity contribution >= 4 is 18.7 Å². The molecule has 3 atom stereocenters. The topological polar surface area (TPSA) is 73.3 Å². The molecule has 2 aromatic carbocycles. The van der Waals surface area contributed by atoms with Gasteiger partial charge in [0.05, 0.1) is 6.61 Å². The Balaban J connectivity index is 1.65. The summed E-state index contributed by atoms with van der Waals surface area (Å²) in [5.74, 6) is 0. The normalized spacial score (nSPS) is 21.3. The van der Waals surface area contributed by atoms with Crippen LogP contribution in [0.2, 0.25) is 5.04 Å². The number of benzene rings is 2. The van der Waals surface area contributed by atoms with Crippen LogP contribution in [0.15, 0.2) is 82.5 Å². The predicted octanol–water partition coefficient (Wildman–Crippen LogP) is 2.74. The van der Waals surface area contributed by atoms with Gasteiger partial charge in [-0.2, -0.15) is 0 Å². The molecule has 4 rings (SSSR count). The van der Waals surface area contributed by atoms with E-state index in [1.54, 1.807) is 0 Å². The van der Waals surface area contributed by atoms with E-state index in [9.17, 15) is 9.59 Å². The van der Waals surface area contributed by atoms with Gasteiger partial charge in [-0.3, -0.25) is 14.3 Å². The molecule has 0 amide bonds. The van der Waals surface area contributed by atoms with E-state index in [-0.39, 0.29) is 18.1 Å². The Morgan fingerprint density at radius 3 is 2.12 bits per heavy atom. The van der Waals surface area contributed by atoms with Crippen molar-refractivity contribution in [3.8, 4) is 0 Å². The Morgan fingerprint density at radius 2 is 1.61 bits per heavy atom. The Labute approximate surface area is 193 Å². The van der Waals surface area contributed by atoms with Crippen molar-refractivity contribution in [3.05, 3.63) is 93.8 Å². The first-order chi connectivity index (χ1) is 15.7.